The fraction of sp³-hybridized carbons (Fsp3) is 0.273. The van der Waals surface area contributed by atoms with Crippen LogP contribution in [-0.2, 0) is 16.1 Å². The fourth-order valence-corrected chi connectivity index (χ4v) is 3.56. The summed E-state index contributed by atoms with van der Waals surface area (Å²) in [5.74, 6) is -0.413. The molecule has 0 aliphatic carbocycles. The van der Waals surface area contributed by atoms with Crippen molar-refractivity contribution in [1.29, 1.82) is 0 Å². The second kappa shape index (κ2) is 5.74. The van der Waals surface area contributed by atoms with Gasteiger partial charge in [-0.3, -0.25) is 4.79 Å². The van der Waals surface area contributed by atoms with Crippen molar-refractivity contribution in [3.05, 3.63) is 17.3 Å². The first-order chi connectivity index (χ1) is 10.2. The van der Waals surface area contributed by atoms with Gasteiger partial charge in [0.25, 0.3) is 0 Å². The summed E-state index contributed by atoms with van der Waals surface area (Å²) in [5.41, 5.74) is 2.03. The van der Waals surface area contributed by atoms with Crippen LogP contribution in [0.25, 0.3) is 10.2 Å². The van der Waals surface area contributed by atoms with Gasteiger partial charge >= 0.3 is 5.97 Å². The molecule has 0 radical (unpaired) electrons. The van der Waals surface area contributed by atoms with Crippen molar-refractivity contribution in [1.82, 2.24) is 30.2 Å². The van der Waals surface area contributed by atoms with E-state index in [0.717, 1.165) is 20.8 Å². The number of fused-ring (bicyclic) bond motifs is 1. The number of ether oxygens (including phenoxy) is 1. The minimum atomic E-state index is -0.413. The van der Waals surface area contributed by atoms with Crippen molar-refractivity contribution in [2.24, 2.45) is 0 Å². The van der Waals surface area contributed by atoms with E-state index in [2.05, 4.69) is 30.2 Å². The highest BCUT2D eigenvalue weighted by molar-refractivity contribution is 7.99. The first-order valence-electron chi connectivity index (χ1n) is 5.88. The number of aryl methyl sites for hydroxylation is 1. The molecule has 10 heteroatoms. The maximum absolute atomic E-state index is 11.3. The van der Waals surface area contributed by atoms with E-state index in [1.807, 2.05) is 12.3 Å². The standard InChI is InChI=1S/C11H10N6O2S2/c1-6-4-20-9-8(6)12-5-13-10(9)21-11-14-15-16-17(11)3-7(18)19-2/h4-5H,3H2,1-2H3. The number of aromatic nitrogens is 6. The van der Waals surface area contributed by atoms with Crippen LogP contribution in [0, 0.1) is 6.92 Å². The summed E-state index contributed by atoms with van der Waals surface area (Å²) in [7, 11) is 1.32. The van der Waals surface area contributed by atoms with Crippen LogP contribution < -0.4 is 0 Å². The largest absolute Gasteiger partial charge is 0.468 e. The van der Waals surface area contributed by atoms with E-state index in [1.54, 1.807) is 11.3 Å². The summed E-state index contributed by atoms with van der Waals surface area (Å²) in [6.45, 7) is 1.96. The number of esters is 1. The van der Waals surface area contributed by atoms with Crippen LogP contribution >= 0.6 is 23.1 Å². The van der Waals surface area contributed by atoms with Crippen LogP contribution in [-0.4, -0.2) is 43.3 Å². The molecule has 3 aromatic heterocycles. The Labute approximate surface area is 127 Å². The summed E-state index contributed by atoms with van der Waals surface area (Å²) >= 11 is 2.87. The molecule has 0 fully saturated rings. The van der Waals surface area contributed by atoms with E-state index in [-0.39, 0.29) is 6.54 Å². The lowest BCUT2D eigenvalue weighted by molar-refractivity contribution is -0.141. The molecule has 0 saturated heterocycles. The lowest BCUT2D eigenvalue weighted by Crippen LogP contribution is -2.13. The molecule has 3 aromatic rings. The Hall–Kier alpha value is -2.07. The highest BCUT2D eigenvalue weighted by atomic mass is 32.2. The Bertz CT molecular complexity index is 799. The van der Waals surface area contributed by atoms with E-state index in [1.165, 1.54) is 29.9 Å². The van der Waals surface area contributed by atoms with Gasteiger partial charge in [0.2, 0.25) is 5.16 Å². The summed E-state index contributed by atoms with van der Waals surface area (Å²) in [6, 6.07) is 0. The van der Waals surface area contributed by atoms with E-state index >= 15 is 0 Å². The first kappa shape index (κ1) is 13.9. The second-order valence-corrected chi connectivity index (χ2v) is 5.91. The van der Waals surface area contributed by atoms with Crippen molar-refractivity contribution in [2.75, 3.05) is 7.11 Å². The first-order valence-corrected chi connectivity index (χ1v) is 7.58. The topological polar surface area (TPSA) is 95.7 Å². The molecule has 0 saturated carbocycles. The number of thiophene rings is 1. The highest BCUT2D eigenvalue weighted by Crippen LogP contribution is 2.34. The van der Waals surface area contributed by atoms with E-state index < -0.39 is 5.97 Å². The van der Waals surface area contributed by atoms with Crippen molar-refractivity contribution in [3.8, 4) is 0 Å². The van der Waals surface area contributed by atoms with Gasteiger partial charge in [-0.25, -0.2) is 14.6 Å². The minimum absolute atomic E-state index is 0.0382. The number of tetrazole rings is 1. The number of carbonyl (C=O) groups is 1. The van der Waals surface area contributed by atoms with Crippen LogP contribution in [0.5, 0.6) is 0 Å². The number of hydrogen-bond acceptors (Lipinski definition) is 9. The lowest BCUT2D eigenvalue weighted by atomic mass is 10.3. The van der Waals surface area contributed by atoms with Gasteiger partial charge < -0.3 is 4.74 Å². The molecule has 0 aliphatic heterocycles. The summed E-state index contributed by atoms with van der Waals surface area (Å²) in [4.78, 5) is 19.9. The van der Waals surface area contributed by atoms with Gasteiger partial charge in [0.1, 0.15) is 17.9 Å². The average molecular weight is 322 g/mol. The zero-order chi connectivity index (χ0) is 14.8. The summed E-state index contributed by atoms with van der Waals surface area (Å²) < 4.78 is 6.97. The molecule has 8 nitrogen and oxygen atoms in total. The van der Waals surface area contributed by atoms with Gasteiger partial charge in [0, 0.05) is 0 Å². The molecule has 0 bridgehead atoms. The molecule has 0 unspecified atom stereocenters. The van der Waals surface area contributed by atoms with Crippen LogP contribution in [0.4, 0.5) is 0 Å². The van der Waals surface area contributed by atoms with E-state index in [0.29, 0.717) is 5.16 Å². The quantitative estimate of drug-likeness (QED) is 0.524. The third kappa shape index (κ3) is 2.72. The number of hydrogen-bond donors (Lipinski definition) is 0. The SMILES string of the molecule is COC(=O)Cn1nnnc1Sc1ncnc2c(C)csc12. The third-order valence-electron chi connectivity index (χ3n) is 2.69. The molecular weight excluding hydrogens is 312 g/mol. The lowest BCUT2D eigenvalue weighted by Gasteiger charge is -2.03. The van der Waals surface area contributed by atoms with Gasteiger partial charge in [-0.2, -0.15) is 0 Å². The van der Waals surface area contributed by atoms with Crippen molar-refractivity contribution in [3.63, 3.8) is 0 Å². The number of rotatable bonds is 4. The molecule has 3 rings (SSSR count). The average Bonchev–Trinajstić information content (AvgIpc) is 3.07. The van der Waals surface area contributed by atoms with Crippen LogP contribution in [0.3, 0.4) is 0 Å². The highest BCUT2D eigenvalue weighted by Gasteiger charge is 2.16. The maximum atomic E-state index is 11.3. The molecule has 3 heterocycles. The minimum Gasteiger partial charge on any atom is -0.468 e. The van der Waals surface area contributed by atoms with E-state index in [4.69, 9.17) is 0 Å². The molecule has 0 aliphatic rings. The molecule has 0 amide bonds. The Morgan fingerprint density at radius 2 is 2.33 bits per heavy atom. The van der Waals surface area contributed by atoms with Crippen LogP contribution in [0.1, 0.15) is 5.56 Å². The molecule has 0 atom stereocenters. The maximum Gasteiger partial charge on any atom is 0.327 e. The van der Waals surface area contributed by atoms with Gasteiger partial charge in [0.05, 0.1) is 17.3 Å². The Balaban J connectivity index is 1.92. The molecule has 108 valence electrons. The van der Waals surface area contributed by atoms with Gasteiger partial charge in [-0.05, 0) is 40.1 Å². The predicted octanol–water partition coefficient (Wildman–Crippen LogP) is 1.31. The van der Waals surface area contributed by atoms with Gasteiger partial charge in [-0.15, -0.1) is 16.4 Å². The smallest absolute Gasteiger partial charge is 0.327 e. The van der Waals surface area contributed by atoms with Crippen molar-refractivity contribution < 1.29 is 9.53 Å². The Morgan fingerprint density at radius 3 is 3.14 bits per heavy atom. The normalized spacial score (nSPS) is 11.0. The molecule has 0 spiro atoms. The molecule has 0 N–H and O–H groups in total. The summed E-state index contributed by atoms with van der Waals surface area (Å²) in [5, 5.41) is 14.5. The Morgan fingerprint density at radius 1 is 1.48 bits per heavy atom. The zero-order valence-corrected chi connectivity index (χ0v) is 12.8. The van der Waals surface area contributed by atoms with Gasteiger partial charge in [-0.1, -0.05) is 0 Å². The number of methoxy groups -OCH3 is 1. The zero-order valence-electron chi connectivity index (χ0n) is 11.2. The third-order valence-corrected chi connectivity index (χ3v) is 4.89. The van der Waals surface area contributed by atoms with Crippen LogP contribution in [0.15, 0.2) is 21.9 Å². The van der Waals surface area contributed by atoms with Crippen molar-refractivity contribution in [2.45, 2.75) is 23.7 Å². The molecular formula is C11H10N6O2S2. The molecule has 21 heavy (non-hydrogen) atoms. The van der Waals surface area contributed by atoms with E-state index in [9.17, 15) is 4.79 Å². The second-order valence-electron chi connectivity index (χ2n) is 4.07. The van der Waals surface area contributed by atoms with Gasteiger partial charge in [0.15, 0.2) is 0 Å². The predicted molar refractivity (Wildman–Crippen MR) is 76.1 cm³/mol. The van der Waals surface area contributed by atoms with Crippen LogP contribution in [0.2, 0.25) is 0 Å². The summed E-state index contributed by atoms with van der Waals surface area (Å²) in [6.07, 6.45) is 1.51. The Kier molecular flexibility index (Phi) is 3.80. The monoisotopic (exact) mass is 322 g/mol. The fourth-order valence-electron chi connectivity index (χ4n) is 1.66. The number of nitrogens with zero attached hydrogens (tertiary/aromatic N) is 6. The number of carbonyl (C=O) groups excluding carboxylic acids is 1. The van der Waals surface area contributed by atoms with Crippen molar-refractivity contribution >= 4 is 39.3 Å². The molecule has 0 aromatic carbocycles.